The summed E-state index contributed by atoms with van der Waals surface area (Å²) in [5.41, 5.74) is 0.336. The van der Waals surface area contributed by atoms with Crippen molar-refractivity contribution < 1.29 is 32.6 Å². The predicted octanol–water partition coefficient (Wildman–Crippen LogP) is 5.61. The molecular weight excluding hydrogens is 550 g/mol. The van der Waals surface area contributed by atoms with Crippen molar-refractivity contribution in [3.63, 3.8) is 0 Å². The highest BCUT2D eigenvalue weighted by atomic mass is 79.9. The number of amides is 1. The number of benzene rings is 1. The Bertz CT molecular complexity index is 987. The van der Waals surface area contributed by atoms with Gasteiger partial charge < -0.3 is 19.1 Å². The van der Waals surface area contributed by atoms with Crippen molar-refractivity contribution in [2.45, 2.75) is 88.6 Å². The lowest BCUT2D eigenvalue weighted by atomic mass is 9.81. The molecule has 1 aromatic carbocycles. The summed E-state index contributed by atoms with van der Waals surface area (Å²) in [4.78, 5) is 27.7. The van der Waals surface area contributed by atoms with E-state index >= 15 is 8.78 Å². The lowest BCUT2D eigenvalue weighted by Gasteiger charge is -2.48. The van der Waals surface area contributed by atoms with E-state index in [1.165, 1.54) is 7.11 Å². The topological polar surface area (TPSA) is 68.3 Å². The van der Waals surface area contributed by atoms with Crippen LogP contribution in [-0.2, 0) is 14.2 Å². The molecule has 2 saturated heterocycles. The van der Waals surface area contributed by atoms with E-state index < -0.39 is 23.4 Å². The molecule has 1 aromatic rings. The van der Waals surface area contributed by atoms with Crippen molar-refractivity contribution in [3.8, 4) is 0 Å². The van der Waals surface area contributed by atoms with Crippen LogP contribution in [0, 0.1) is 0 Å². The molecule has 1 unspecified atom stereocenters. The summed E-state index contributed by atoms with van der Waals surface area (Å²) in [7, 11) is 1.29. The summed E-state index contributed by atoms with van der Waals surface area (Å²) in [5, 5.41) is 0. The highest BCUT2D eigenvalue weighted by molar-refractivity contribution is 9.10. The molecule has 0 N–H and O–H groups in total. The molecule has 10 heteroatoms. The van der Waals surface area contributed by atoms with Gasteiger partial charge in [0.1, 0.15) is 5.60 Å². The summed E-state index contributed by atoms with van der Waals surface area (Å²) < 4.78 is 47.3. The van der Waals surface area contributed by atoms with Gasteiger partial charge in [-0.3, -0.25) is 4.90 Å². The summed E-state index contributed by atoms with van der Waals surface area (Å²) in [6.45, 7) is 7.10. The van der Waals surface area contributed by atoms with Crippen molar-refractivity contribution in [1.29, 1.82) is 0 Å². The van der Waals surface area contributed by atoms with E-state index in [0.717, 1.165) is 25.7 Å². The van der Waals surface area contributed by atoms with Crippen LogP contribution in [-0.4, -0.2) is 84.9 Å². The van der Waals surface area contributed by atoms with Crippen molar-refractivity contribution in [2.75, 3.05) is 33.3 Å². The first kappa shape index (κ1) is 28.2. The maximum absolute atomic E-state index is 15.2. The molecule has 1 aliphatic carbocycles. The fourth-order valence-electron chi connectivity index (χ4n) is 5.43. The molecule has 2 heterocycles. The first-order chi connectivity index (χ1) is 17.4. The fourth-order valence-corrected chi connectivity index (χ4v) is 5.99. The molecule has 206 valence electrons. The molecule has 7 nitrogen and oxygen atoms in total. The Kier molecular flexibility index (Phi) is 8.50. The van der Waals surface area contributed by atoms with Crippen molar-refractivity contribution >= 4 is 28.0 Å². The second-order valence-corrected chi connectivity index (χ2v) is 12.2. The Balaban J connectivity index is 1.23. The normalized spacial score (nSPS) is 26.9. The molecule has 3 fully saturated rings. The number of hydrogen-bond acceptors (Lipinski definition) is 6. The number of piperidine rings is 2. The maximum Gasteiger partial charge on any atom is 0.410 e. The average molecular weight is 588 g/mol. The van der Waals surface area contributed by atoms with Crippen LogP contribution >= 0.6 is 15.9 Å². The lowest BCUT2D eigenvalue weighted by molar-refractivity contribution is -0.138. The van der Waals surface area contributed by atoms with Gasteiger partial charge in [-0.1, -0.05) is 6.07 Å². The number of hydrogen-bond donors (Lipinski definition) is 0. The molecule has 1 amide bonds. The number of alkyl halides is 2. The number of carbonyl (C=O) groups is 2. The smallest absolute Gasteiger partial charge is 0.410 e. The SMILES string of the molecule is COC(=O)c1ccc(C2CCN(C3CC(OC4CCN(C(=O)OC(C)(C)C)CC4)C3)CC2(F)F)cc1Br. The summed E-state index contributed by atoms with van der Waals surface area (Å²) >= 11 is 3.32. The minimum Gasteiger partial charge on any atom is -0.465 e. The summed E-state index contributed by atoms with van der Waals surface area (Å²) in [5.74, 6) is -4.27. The fraction of sp³-hybridized carbons (Fsp3) is 0.704. The van der Waals surface area contributed by atoms with Crippen LogP contribution in [0.4, 0.5) is 13.6 Å². The number of esters is 1. The van der Waals surface area contributed by atoms with Gasteiger partial charge in [0.25, 0.3) is 5.92 Å². The predicted molar refractivity (Wildman–Crippen MR) is 138 cm³/mol. The number of likely N-dealkylation sites (tertiary alicyclic amines) is 2. The third-order valence-corrected chi connectivity index (χ3v) is 8.15. The zero-order chi connectivity index (χ0) is 27.0. The second kappa shape index (κ2) is 11.1. The van der Waals surface area contributed by atoms with Gasteiger partial charge in [-0.2, -0.15) is 0 Å². The molecule has 3 aliphatic rings. The molecular formula is C27H37BrF2N2O5. The number of halogens is 3. The molecule has 0 spiro atoms. The average Bonchev–Trinajstić information content (AvgIpc) is 2.79. The Labute approximate surface area is 225 Å². The van der Waals surface area contributed by atoms with Crippen LogP contribution in [0.15, 0.2) is 22.7 Å². The van der Waals surface area contributed by atoms with Gasteiger partial charge in [0.2, 0.25) is 0 Å². The van der Waals surface area contributed by atoms with Crippen LogP contribution in [0.1, 0.15) is 74.7 Å². The molecule has 0 radical (unpaired) electrons. The van der Waals surface area contributed by atoms with E-state index in [-0.39, 0.29) is 30.9 Å². The van der Waals surface area contributed by atoms with Crippen molar-refractivity contribution in [3.05, 3.63) is 33.8 Å². The number of carbonyl (C=O) groups excluding carboxylic acids is 2. The Hall–Kier alpha value is -1.78. The molecule has 0 bridgehead atoms. The summed E-state index contributed by atoms with van der Waals surface area (Å²) in [6, 6.07) is 4.86. The van der Waals surface area contributed by atoms with E-state index in [1.807, 2.05) is 25.7 Å². The van der Waals surface area contributed by atoms with Crippen LogP contribution in [0.2, 0.25) is 0 Å². The van der Waals surface area contributed by atoms with Gasteiger partial charge >= 0.3 is 12.1 Å². The van der Waals surface area contributed by atoms with Crippen molar-refractivity contribution in [2.24, 2.45) is 0 Å². The van der Waals surface area contributed by atoms with E-state index in [0.29, 0.717) is 41.7 Å². The van der Waals surface area contributed by atoms with Crippen LogP contribution in [0.5, 0.6) is 0 Å². The monoisotopic (exact) mass is 586 g/mol. The molecule has 0 aromatic heterocycles. The van der Waals surface area contributed by atoms with Gasteiger partial charge in [-0.25, -0.2) is 18.4 Å². The number of methoxy groups -OCH3 is 1. The quantitative estimate of drug-likeness (QED) is 0.418. The van der Waals surface area contributed by atoms with Gasteiger partial charge in [-0.15, -0.1) is 0 Å². The molecule has 2 aliphatic heterocycles. The van der Waals surface area contributed by atoms with E-state index in [9.17, 15) is 9.59 Å². The van der Waals surface area contributed by atoms with Gasteiger partial charge in [0.15, 0.2) is 0 Å². The molecule has 1 atom stereocenters. The molecule has 1 saturated carbocycles. The third kappa shape index (κ3) is 6.81. The van der Waals surface area contributed by atoms with E-state index in [2.05, 4.69) is 15.9 Å². The summed E-state index contributed by atoms with van der Waals surface area (Å²) in [6.07, 6.45) is 3.26. The molecule has 4 rings (SSSR count). The minimum absolute atomic E-state index is 0.0799. The van der Waals surface area contributed by atoms with Crippen LogP contribution in [0.25, 0.3) is 0 Å². The highest BCUT2D eigenvalue weighted by Gasteiger charge is 2.49. The third-order valence-electron chi connectivity index (χ3n) is 7.49. The first-order valence-corrected chi connectivity index (χ1v) is 13.8. The second-order valence-electron chi connectivity index (χ2n) is 11.4. The van der Waals surface area contributed by atoms with Crippen LogP contribution in [0.3, 0.4) is 0 Å². The number of nitrogens with zero attached hydrogens (tertiary/aromatic N) is 2. The molecule has 37 heavy (non-hydrogen) atoms. The number of ether oxygens (including phenoxy) is 3. The van der Waals surface area contributed by atoms with Gasteiger partial charge in [0, 0.05) is 23.6 Å². The Morgan fingerprint density at radius 1 is 1.05 bits per heavy atom. The minimum atomic E-state index is -2.87. The zero-order valence-corrected chi connectivity index (χ0v) is 23.6. The number of rotatable bonds is 5. The standard InChI is InChI=1S/C27H37BrF2N2O5/c1-26(2,3)37-25(34)31-10-7-19(8-11-31)36-20-14-18(15-20)32-12-9-22(27(29,30)16-32)17-5-6-21(23(28)13-17)24(33)35-4/h5-6,13,18-20,22H,7-12,14-16H2,1-4H3. The largest absolute Gasteiger partial charge is 0.465 e. The van der Waals surface area contributed by atoms with Gasteiger partial charge in [-0.05, 0) is 93.0 Å². The van der Waals surface area contributed by atoms with Crippen molar-refractivity contribution in [1.82, 2.24) is 9.80 Å². The Morgan fingerprint density at radius 3 is 2.30 bits per heavy atom. The Morgan fingerprint density at radius 2 is 1.73 bits per heavy atom. The lowest BCUT2D eigenvalue weighted by Crippen LogP contribution is -2.56. The highest BCUT2D eigenvalue weighted by Crippen LogP contribution is 2.44. The zero-order valence-electron chi connectivity index (χ0n) is 22.0. The van der Waals surface area contributed by atoms with E-state index in [1.54, 1.807) is 23.1 Å². The van der Waals surface area contributed by atoms with E-state index in [4.69, 9.17) is 14.2 Å². The maximum atomic E-state index is 15.2. The van der Waals surface area contributed by atoms with Gasteiger partial charge in [0.05, 0.1) is 37.3 Å². The first-order valence-electron chi connectivity index (χ1n) is 13.0. The van der Waals surface area contributed by atoms with Crippen LogP contribution < -0.4 is 0 Å².